The minimum absolute atomic E-state index is 0.201. The highest BCUT2D eigenvalue weighted by Crippen LogP contribution is 2.38. The quantitative estimate of drug-likeness (QED) is 0.715. The highest BCUT2D eigenvalue weighted by atomic mass is 16.5. The molecule has 6 heteroatoms. The van der Waals surface area contributed by atoms with Crippen molar-refractivity contribution in [2.24, 2.45) is 0 Å². The second kappa shape index (κ2) is 7.44. The van der Waals surface area contributed by atoms with E-state index in [1.165, 1.54) is 0 Å². The third-order valence-corrected chi connectivity index (χ3v) is 4.51. The van der Waals surface area contributed by atoms with Crippen molar-refractivity contribution < 1.29 is 14.3 Å². The number of fused-ring (bicyclic) bond motifs is 2. The molecule has 6 nitrogen and oxygen atoms in total. The van der Waals surface area contributed by atoms with Crippen molar-refractivity contribution >= 4 is 23.3 Å². The maximum atomic E-state index is 12.9. The molecule has 1 aliphatic rings. The number of para-hydroxylation sites is 2. The lowest BCUT2D eigenvalue weighted by atomic mass is 10.1. The van der Waals surface area contributed by atoms with E-state index in [0.717, 1.165) is 5.56 Å². The van der Waals surface area contributed by atoms with Gasteiger partial charge in [0.05, 0.1) is 11.3 Å². The number of hydrogen-bond donors (Lipinski definition) is 2. The Morgan fingerprint density at radius 2 is 1.71 bits per heavy atom. The number of urea groups is 1. The summed E-state index contributed by atoms with van der Waals surface area (Å²) in [6, 6.07) is 21.7. The Morgan fingerprint density at radius 1 is 0.964 bits per heavy atom. The molecule has 3 amide bonds. The summed E-state index contributed by atoms with van der Waals surface area (Å²) < 4.78 is 5.92. The Kier molecular flexibility index (Phi) is 4.68. The highest BCUT2D eigenvalue weighted by Gasteiger charge is 2.25. The van der Waals surface area contributed by atoms with E-state index in [-0.39, 0.29) is 11.9 Å². The van der Waals surface area contributed by atoms with Gasteiger partial charge in [0.2, 0.25) is 0 Å². The molecule has 0 bridgehead atoms. The third-order valence-electron chi connectivity index (χ3n) is 4.51. The number of nitrogens with zero attached hydrogens (tertiary/aromatic N) is 1. The molecule has 3 aromatic carbocycles. The van der Waals surface area contributed by atoms with E-state index in [1.807, 2.05) is 54.6 Å². The number of amides is 3. The van der Waals surface area contributed by atoms with Gasteiger partial charge in [-0.2, -0.15) is 0 Å². The van der Waals surface area contributed by atoms with Gasteiger partial charge in [0.25, 0.3) is 5.91 Å². The fourth-order valence-corrected chi connectivity index (χ4v) is 3.05. The fourth-order valence-electron chi connectivity index (χ4n) is 3.05. The standard InChI is InChI=1S/C22H19N3O3/c1-25-18-9-5-6-10-20(18)28-19-12-11-16(13-17(19)21(25)26)24-22(27)23-14-15-7-3-2-4-8-15/h2-13H,14H2,1H3,(H2,23,24,27). The van der Waals surface area contributed by atoms with E-state index >= 15 is 0 Å². The molecule has 140 valence electrons. The molecule has 3 aromatic rings. The summed E-state index contributed by atoms with van der Waals surface area (Å²) >= 11 is 0. The number of hydrogen-bond acceptors (Lipinski definition) is 3. The summed E-state index contributed by atoms with van der Waals surface area (Å²) in [6.45, 7) is 0.414. The van der Waals surface area contributed by atoms with Gasteiger partial charge in [-0.15, -0.1) is 0 Å². The molecule has 0 radical (unpaired) electrons. The molecular weight excluding hydrogens is 354 g/mol. The van der Waals surface area contributed by atoms with Crippen LogP contribution in [0, 0.1) is 0 Å². The van der Waals surface area contributed by atoms with Crippen LogP contribution in [0.5, 0.6) is 11.5 Å². The molecular formula is C22H19N3O3. The Hall–Kier alpha value is -3.80. The van der Waals surface area contributed by atoms with Crippen molar-refractivity contribution in [2.45, 2.75) is 6.54 Å². The third kappa shape index (κ3) is 3.53. The molecule has 0 aliphatic carbocycles. The van der Waals surface area contributed by atoms with E-state index in [2.05, 4.69) is 10.6 Å². The molecule has 2 N–H and O–H groups in total. The number of benzene rings is 3. The van der Waals surface area contributed by atoms with Gasteiger partial charge in [0, 0.05) is 19.3 Å². The van der Waals surface area contributed by atoms with Crippen LogP contribution in [0.2, 0.25) is 0 Å². The summed E-state index contributed by atoms with van der Waals surface area (Å²) in [7, 11) is 1.70. The molecule has 4 rings (SSSR count). The van der Waals surface area contributed by atoms with Gasteiger partial charge in [-0.1, -0.05) is 42.5 Å². The maximum absolute atomic E-state index is 12.9. The molecule has 0 aromatic heterocycles. The van der Waals surface area contributed by atoms with Crippen LogP contribution in [0.15, 0.2) is 72.8 Å². The Balaban J connectivity index is 1.51. The van der Waals surface area contributed by atoms with Crippen LogP contribution in [-0.2, 0) is 6.54 Å². The maximum Gasteiger partial charge on any atom is 0.319 e. The largest absolute Gasteiger partial charge is 0.454 e. The van der Waals surface area contributed by atoms with E-state index < -0.39 is 0 Å². The zero-order valence-electron chi connectivity index (χ0n) is 15.3. The Labute approximate surface area is 162 Å². The number of ether oxygens (including phenoxy) is 1. The van der Waals surface area contributed by atoms with Gasteiger partial charge in [0.15, 0.2) is 5.75 Å². The fraction of sp³-hybridized carbons (Fsp3) is 0.0909. The van der Waals surface area contributed by atoms with Gasteiger partial charge >= 0.3 is 6.03 Å². The number of anilines is 2. The molecule has 1 aliphatic heterocycles. The van der Waals surface area contributed by atoms with Crippen LogP contribution in [0.25, 0.3) is 0 Å². The molecule has 0 saturated heterocycles. The van der Waals surface area contributed by atoms with E-state index in [4.69, 9.17) is 4.74 Å². The van der Waals surface area contributed by atoms with Crippen molar-refractivity contribution in [2.75, 3.05) is 17.3 Å². The van der Waals surface area contributed by atoms with Gasteiger partial charge in [-0.25, -0.2) is 4.79 Å². The smallest absolute Gasteiger partial charge is 0.319 e. The van der Waals surface area contributed by atoms with Crippen LogP contribution in [0.3, 0.4) is 0 Å². The van der Waals surface area contributed by atoms with Crippen LogP contribution < -0.4 is 20.3 Å². The van der Waals surface area contributed by atoms with Crippen molar-refractivity contribution in [3.8, 4) is 11.5 Å². The minimum atomic E-state index is -0.345. The van der Waals surface area contributed by atoms with Crippen molar-refractivity contribution in [1.82, 2.24) is 5.32 Å². The first kappa shape index (κ1) is 17.6. The lowest BCUT2D eigenvalue weighted by Crippen LogP contribution is -2.28. The van der Waals surface area contributed by atoms with Gasteiger partial charge in [-0.3, -0.25) is 4.79 Å². The molecule has 0 fully saturated rings. The van der Waals surface area contributed by atoms with Crippen LogP contribution in [-0.4, -0.2) is 19.0 Å². The number of rotatable bonds is 3. The summed E-state index contributed by atoms with van der Waals surface area (Å²) in [5.74, 6) is 0.865. The van der Waals surface area contributed by atoms with E-state index in [9.17, 15) is 9.59 Å². The molecule has 28 heavy (non-hydrogen) atoms. The van der Waals surface area contributed by atoms with Crippen LogP contribution in [0.1, 0.15) is 15.9 Å². The summed E-state index contributed by atoms with van der Waals surface area (Å²) in [5.41, 5.74) is 2.60. The van der Waals surface area contributed by atoms with Crippen molar-refractivity contribution in [3.63, 3.8) is 0 Å². The molecule has 1 heterocycles. The van der Waals surface area contributed by atoms with Crippen LogP contribution >= 0.6 is 0 Å². The Morgan fingerprint density at radius 3 is 2.54 bits per heavy atom. The zero-order valence-corrected chi connectivity index (χ0v) is 15.3. The summed E-state index contributed by atoms with van der Waals surface area (Å²) in [5, 5.41) is 5.56. The molecule has 0 saturated carbocycles. The first-order valence-corrected chi connectivity index (χ1v) is 8.89. The SMILES string of the molecule is CN1C(=O)c2cc(NC(=O)NCc3ccccc3)ccc2Oc2ccccc21. The predicted molar refractivity (Wildman–Crippen MR) is 108 cm³/mol. The topological polar surface area (TPSA) is 70.7 Å². The Bertz CT molecular complexity index is 1030. The van der Waals surface area contributed by atoms with Crippen LogP contribution in [0.4, 0.5) is 16.2 Å². The lowest BCUT2D eigenvalue weighted by Gasteiger charge is -2.16. The zero-order chi connectivity index (χ0) is 19.5. The van der Waals surface area contributed by atoms with E-state index in [0.29, 0.717) is 35.0 Å². The lowest BCUT2D eigenvalue weighted by molar-refractivity contribution is 0.0993. The van der Waals surface area contributed by atoms with Gasteiger partial charge < -0.3 is 20.3 Å². The molecule has 0 unspecified atom stereocenters. The monoisotopic (exact) mass is 373 g/mol. The van der Waals surface area contributed by atoms with Gasteiger partial charge in [0.1, 0.15) is 5.75 Å². The van der Waals surface area contributed by atoms with Crippen molar-refractivity contribution in [1.29, 1.82) is 0 Å². The number of nitrogens with one attached hydrogen (secondary N) is 2. The molecule has 0 spiro atoms. The first-order valence-electron chi connectivity index (χ1n) is 8.89. The second-order valence-corrected chi connectivity index (χ2v) is 6.44. The highest BCUT2D eigenvalue weighted by molar-refractivity contribution is 6.10. The normalized spacial score (nSPS) is 12.3. The summed E-state index contributed by atoms with van der Waals surface area (Å²) in [4.78, 5) is 26.6. The second-order valence-electron chi connectivity index (χ2n) is 6.44. The van der Waals surface area contributed by atoms with Gasteiger partial charge in [-0.05, 0) is 35.9 Å². The average molecular weight is 373 g/mol. The van der Waals surface area contributed by atoms with E-state index in [1.54, 1.807) is 30.1 Å². The first-order chi connectivity index (χ1) is 13.6. The summed E-state index contributed by atoms with van der Waals surface area (Å²) in [6.07, 6.45) is 0. The number of carbonyl (C=O) groups excluding carboxylic acids is 2. The average Bonchev–Trinajstić information content (AvgIpc) is 2.83. The van der Waals surface area contributed by atoms with Crippen molar-refractivity contribution in [3.05, 3.63) is 83.9 Å². The minimum Gasteiger partial charge on any atom is -0.454 e. The molecule has 0 atom stereocenters. The predicted octanol–water partition coefficient (Wildman–Crippen LogP) is 4.39. The number of carbonyl (C=O) groups is 2.